The van der Waals surface area contributed by atoms with Gasteiger partial charge in [0.25, 0.3) is 0 Å². The first-order valence-electron chi connectivity index (χ1n) is 2.16. The van der Waals surface area contributed by atoms with Crippen molar-refractivity contribution in [3.63, 3.8) is 0 Å². The zero-order valence-electron chi connectivity index (χ0n) is 3.95. The summed E-state index contributed by atoms with van der Waals surface area (Å²) in [7, 11) is 0. The topological polar surface area (TPSA) is 0 Å². The summed E-state index contributed by atoms with van der Waals surface area (Å²) in [5, 5.41) is 0.329. The molecule has 0 aromatic carbocycles. The maximum atomic E-state index is 5.70. The van der Waals surface area contributed by atoms with Crippen LogP contribution in [0, 0.1) is 0 Å². The molecule has 0 aromatic heterocycles. The van der Waals surface area contributed by atoms with Crippen molar-refractivity contribution in [2.24, 2.45) is 0 Å². The summed E-state index contributed by atoms with van der Waals surface area (Å²) in [6, 6.07) is 0. The van der Waals surface area contributed by atoms with E-state index in [4.69, 9.17) is 23.2 Å². The van der Waals surface area contributed by atoms with Crippen LogP contribution >= 0.6 is 23.2 Å². The van der Waals surface area contributed by atoms with Gasteiger partial charge in [0, 0.05) is 0 Å². The van der Waals surface area contributed by atoms with Crippen LogP contribution < -0.4 is 0 Å². The van der Waals surface area contributed by atoms with Crippen LogP contribution in [0.3, 0.4) is 0 Å². The third-order valence-electron chi connectivity index (χ3n) is 0.644. The van der Waals surface area contributed by atoms with Crippen LogP contribution in [0.1, 0.15) is 6.42 Å². The van der Waals surface area contributed by atoms with E-state index in [9.17, 15) is 0 Å². The van der Waals surface area contributed by atoms with Crippen molar-refractivity contribution < 1.29 is 0 Å². The number of hydrogen-bond donors (Lipinski definition) is 0. The number of hydrogen-bond acceptors (Lipinski definition) is 0. The Morgan fingerprint density at radius 3 is 2.29 bits per heavy atom. The van der Waals surface area contributed by atoms with E-state index in [1.54, 1.807) is 0 Å². The van der Waals surface area contributed by atoms with Crippen molar-refractivity contribution >= 4 is 45.7 Å². The molecule has 0 bridgehead atoms. The van der Waals surface area contributed by atoms with Gasteiger partial charge in [-0.05, 0) is 0 Å². The SMILES string of the molecule is ClCCC(Cl)[CH2][Sn]. The molecule has 0 heterocycles. The van der Waals surface area contributed by atoms with E-state index < -0.39 is 0 Å². The van der Waals surface area contributed by atoms with Gasteiger partial charge in [-0.3, -0.25) is 0 Å². The van der Waals surface area contributed by atoms with Crippen LogP contribution in [-0.4, -0.2) is 33.8 Å². The van der Waals surface area contributed by atoms with Gasteiger partial charge in [-0.2, -0.15) is 0 Å². The third kappa shape index (κ3) is 5.25. The van der Waals surface area contributed by atoms with Crippen molar-refractivity contribution in [1.29, 1.82) is 0 Å². The summed E-state index contributed by atoms with van der Waals surface area (Å²) in [6.07, 6.45) is 0.953. The Labute approximate surface area is 67.6 Å². The van der Waals surface area contributed by atoms with Crippen molar-refractivity contribution in [3.8, 4) is 0 Å². The number of halogens is 2. The molecule has 0 N–H and O–H groups in total. The molecule has 0 amide bonds. The van der Waals surface area contributed by atoms with Crippen molar-refractivity contribution in [1.82, 2.24) is 0 Å². The van der Waals surface area contributed by atoms with E-state index in [1.165, 1.54) is 22.5 Å². The van der Waals surface area contributed by atoms with Gasteiger partial charge in [0.15, 0.2) is 0 Å². The van der Waals surface area contributed by atoms with E-state index in [1.807, 2.05) is 0 Å². The van der Waals surface area contributed by atoms with Crippen LogP contribution in [0.15, 0.2) is 0 Å². The van der Waals surface area contributed by atoms with Crippen LogP contribution in [0.2, 0.25) is 4.44 Å². The molecule has 3 heteroatoms. The molecular weight excluding hydrogens is 238 g/mol. The molecule has 3 radical (unpaired) electrons. The zero-order valence-corrected chi connectivity index (χ0v) is 8.32. The number of alkyl halides is 2. The summed E-state index contributed by atoms with van der Waals surface area (Å²) in [4.78, 5) is 0. The Bertz CT molecular complexity index is 40.7. The van der Waals surface area contributed by atoms with Gasteiger partial charge in [0.1, 0.15) is 0 Å². The summed E-state index contributed by atoms with van der Waals surface area (Å²) in [5.41, 5.74) is 0. The Morgan fingerprint density at radius 2 is 2.14 bits per heavy atom. The fraction of sp³-hybridized carbons (Fsp3) is 1.00. The van der Waals surface area contributed by atoms with E-state index >= 15 is 0 Å². The molecule has 0 aliphatic rings. The minimum absolute atomic E-state index is 0.329. The zero-order chi connectivity index (χ0) is 5.70. The molecule has 0 aliphatic carbocycles. The van der Waals surface area contributed by atoms with Gasteiger partial charge in [0.2, 0.25) is 0 Å². The molecule has 0 fully saturated rings. The third-order valence-corrected chi connectivity index (χ3v) is 3.38. The predicted molar refractivity (Wildman–Crippen MR) is 35.5 cm³/mol. The number of rotatable bonds is 3. The van der Waals surface area contributed by atoms with Gasteiger partial charge in [-0.15, -0.1) is 0 Å². The average Bonchev–Trinajstić information content (AvgIpc) is 1.68. The second-order valence-corrected chi connectivity index (χ2v) is 3.44. The predicted octanol–water partition coefficient (Wildman–Crippen LogP) is 1.81. The fourth-order valence-electron chi connectivity index (χ4n) is 0.220. The molecule has 0 saturated heterocycles. The summed E-state index contributed by atoms with van der Waals surface area (Å²) in [6.45, 7) is 0. The summed E-state index contributed by atoms with van der Waals surface area (Å²) < 4.78 is 1.11. The van der Waals surface area contributed by atoms with Gasteiger partial charge in [-0.25, -0.2) is 0 Å². The Hall–Kier alpha value is 1.38. The quantitative estimate of drug-likeness (QED) is 0.525. The standard InChI is InChI=1S/C4H7Cl2.Sn/c1-4(6)2-3-5;/h4H,1-3H2;. The first-order valence-corrected chi connectivity index (χ1v) is 5.14. The second kappa shape index (κ2) is 5.51. The fourth-order valence-corrected chi connectivity index (χ4v) is 1.29. The van der Waals surface area contributed by atoms with Gasteiger partial charge in [-0.1, -0.05) is 0 Å². The molecule has 41 valence electrons. The van der Waals surface area contributed by atoms with Crippen LogP contribution in [0.25, 0.3) is 0 Å². The van der Waals surface area contributed by atoms with Gasteiger partial charge >= 0.3 is 67.8 Å². The first-order chi connectivity index (χ1) is 3.31. The Balaban J connectivity index is 2.83. The molecule has 0 spiro atoms. The molecule has 0 saturated carbocycles. The summed E-state index contributed by atoms with van der Waals surface area (Å²) in [5.74, 6) is 0.697. The van der Waals surface area contributed by atoms with Gasteiger partial charge in [0.05, 0.1) is 0 Å². The van der Waals surface area contributed by atoms with E-state index in [-0.39, 0.29) is 0 Å². The van der Waals surface area contributed by atoms with Crippen molar-refractivity contribution in [3.05, 3.63) is 0 Å². The van der Waals surface area contributed by atoms with Crippen LogP contribution in [0.4, 0.5) is 0 Å². The van der Waals surface area contributed by atoms with E-state index in [0.29, 0.717) is 11.3 Å². The second-order valence-electron chi connectivity index (χ2n) is 1.28. The maximum absolute atomic E-state index is 5.70. The van der Waals surface area contributed by atoms with Crippen LogP contribution in [0.5, 0.6) is 0 Å². The Morgan fingerprint density at radius 1 is 1.57 bits per heavy atom. The van der Waals surface area contributed by atoms with E-state index in [2.05, 4.69) is 0 Å². The van der Waals surface area contributed by atoms with E-state index in [0.717, 1.165) is 10.9 Å². The average molecular weight is 245 g/mol. The van der Waals surface area contributed by atoms with Crippen molar-refractivity contribution in [2.75, 3.05) is 5.88 Å². The molecule has 7 heavy (non-hydrogen) atoms. The van der Waals surface area contributed by atoms with Crippen LogP contribution in [-0.2, 0) is 0 Å². The molecule has 0 rings (SSSR count). The molecular formula is C4H7Cl2Sn. The first kappa shape index (κ1) is 8.38. The summed E-state index contributed by atoms with van der Waals surface area (Å²) >= 11 is 12.6. The molecule has 0 aromatic rings. The molecule has 1 unspecified atom stereocenters. The van der Waals surface area contributed by atoms with Gasteiger partial charge < -0.3 is 0 Å². The monoisotopic (exact) mass is 245 g/mol. The normalized spacial score (nSPS) is 14.1. The Kier molecular flexibility index (Phi) is 6.60. The van der Waals surface area contributed by atoms with Crippen molar-refractivity contribution in [2.45, 2.75) is 16.2 Å². The molecule has 0 aliphatic heterocycles. The minimum atomic E-state index is 0.329. The molecule has 1 atom stereocenters. The molecule has 0 nitrogen and oxygen atoms in total.